The van der Waals surface area contributed by atoms with Crippen molar-refractivity contribution < 1.29 is 4.39 Å². The van der Waals surface area contributed by atoms with Crippen molar-refractivity contribution in [1.82, 2.24) is 0 Å². The highest BCUT2D eigenvalue weighted by atomic mass is 19.1. The maximum absolute atomic E-state index is 12.4. The second kappa shape index (κ2) is 24.6. The number of benzene rings is 2. The Morgan fingerprint density at radius 1 is 0.480 bits per heavy atom. The van der Waals surface area contributed by atoms with E-state index in [1.807, 2.05) is 75.3 Å². The lowest BCUT2D eigenvalue weighted by molar-refractivity contribution is 0.625. The molecule has 25 heavy (non-hydrogen) atoms. The third kappa shape index (κ3) is 22.4. The summed E-state index contributed by atoms with van der Waals surface area (Å²) in [4.78, 5) is 0. The van der Waals surface area contributed by atoms with Crippen LogP contribution in [0.4, 0.5) is 4.39 Å². The van der Waals surface area contributed by atoms with E-state index in [1.165, 1.54) is 23.3 Å². The van der Waals surface area contributed by atoms with Gasteiger partial charge in [-0.1, -0.05) is 96.8 Å². The lowest BCUT2D eigenvalue weighted by Gasteiger charge is -1.94. The molecule has 2 rings (SSSR count). The molecule has 0 aliphatic rings. The number of halogens is 1. The molecule has 0 fully saturated rings. The lowest BCUT2D eigenvalue weighted by Crippen LogP contribution is -1.79. The van der Waals surface area contributed by atoms with Crippen molar-refractivity contribution in [2.24, 2.45) is 0 Å². The van der Waals surface area contributed by atoms with Crippen LogP contribution in [0.5, 0.6) is 0 Å². The molecule has 0 atom stereocenters. The van der Waals surface area contributed by atoms with Crippen molar-refractivity contribution in [3.05, 3.63) is 70.5 Å². The minimum Gasteiger partial charge on any atom is -0.207 e. The van der Waals surface area contributed by atoms with Gasteiger partial charge in [0.15, 0.2) is 0 Å². The molecule has 0 radical (unpaired) electrons. The fraction of sp³-hybridized carbons (Fsp3) is 0.500. The predicted molar refractivity (Wildman–Crippen MR) is 117 cm³/mol. The van der Waals surface area contributed by atoms with Crippen LogP contribution in [0, 0.1) is 33.5 Å². The molecule has 0 spiro atoms. The van der Waals surface area contributed by atoms with Crippen molar-refractivity contribution in [3.8, 4) is 0 Å². The van der Waals surface area contributed by atoms with Crippen molar-refractivity contribution in [1.29, 1.82) is 0 Å². The first kappa shape index (κ1) is 31.2. The van der Waals surface area contributed by atoms with Gasteiger partial charge in [-0.25, -0.2) is 4.39 Å². The summed E-state index contributed by atoms with van der Waals surface area (Å²) in [6, 6.07) is 13.4. The van der Waals surface area contributed by atoms with Crippen molar-refractivity contribution in [2.45, 2.75) is 83.1 Å². The molecular weight excluding hydrogens is 307 g/mol. The monoisotopic (exact) mass is 350 g/mol. The van der Waals surface area contributed by atoms with Crippen LogP contribution in [0.25, 0.3) is 0 Å². The Labute approximate surface area is 158 Å². The second-order valence-electron chi connectivity index (χ2n) is 4.46. The topological polar surface area (TPSA) is 0 Å². The third-order valence-corrected chi connectivity index (χ3v) is 2.36. The average Bonchev–Trinajstić information content (AvgIpc) is 2.61. The molecule has 2 aromatic rings. The molecule has 0 aliphatic heterocycles. The molecule has 0 amide bonds. The van der Waals surface area contributed by atoms with Crippen molar-refractivity contribution in [3.63, 3.8) is 0 Å². The van der Waals surface area contributed by atoms with Crippen LogP contribution in [0.3, 0.4) is 0 Å². The zero-order chi connectivity index (χ0) is 20.8. The van der Waals surface area contributed by atoms with E-state index in [0.29, 0.717) is 0 Å². The molecule has 0 heterocycles. The first-order valence-corrected chi connectivity index (χ1v) is 9.74. The molecule has 146 valence electrons. The first-order chi connectivity index (χ1) is 12.0. The summed E-state index contributed by atoms with van der Waals surface area (Å²) in [5.74, 6) is -0.146. The lowest BCUT2D eigenvalue weighted by atomic mass is 10.2. The summed E-state index contributed by atoms with van der Waals surface area (Å²) in [5, 5.41) is 0. The molecule has 0 aromatic heterocycles. The van der Waals surface area contributed by atoms with E-state index in [1.54, 1.807) is 0 Å². The van der Waals surface area contributed by atoms with Gasteiger partial charge < -0.3 is 0 Å². The van der Waals surface area contributed by atoms with Crippen LogP contribution < -0.4 is 0 Å². The zero-order valence-electron chi connectivity index (χ0n) is 18.9. The molecular formula is C24H43F. The van der Waals surface area contributed by atoms with Gasteiger partial charge in [0.1, 0.15) is 5.82 Å². The summed E-state index contributed by atoms with van der Waals surface area (Å²) in [6.45, 7) is 24.0. The van der Waals surface area contributed by atoms with Gasteiger partial charge in [0.25, 0.3) is 0 Å². The van der Waals surface area contributed by atoms with Gasteiger partial charge >= 0.3 is 0 Å². The quantitative estimate of drug-likeness (QED) is 0.445. The highest BCUT2D eigenvalue weighted by Crippen LogP contribution is 2.05. The second-order valence-corrected chi connectivity index (χ2v) is 4.46. The van der Waals surface area contributed by atoms with Gasteiger partial charge in [0.05, 0.1) is 0 Å². The van der Waals surface area contributed by atoms with E-state index < -0.39 is 0 Å². The van der Waals surface area contributed by atoms with E-state index in [-0.39, 0.29) is 5.82 Å². The van der Waals surface area contributed by atoms with Gasteiger partial charge in [-0.05, 0) is 51.0 Å². The normalized spacial score (nSPS) is 7.40. The average molecular weight is 351 g/mol. The van der Waals surface area contributed by atoms with Gasteiger partial charge in [0.2, 0.25) is 0 Å². The molecule has 1 heteroatoms. The van der Waals surface area contributed by atoms with Gasteiger partial charge in [-0.3, -0.25) is 0 Å². The molecule has 0 bridgehead atoms. The van der Waals surface area contributed by atoms with Crippen molar-refractivity contribution in [2.75, 3.05) is 0 Å². The molecule has 0 aliphatic carbocycles. The highest BCUT2D eigenvalue weighted by Gasteiger charge is 1.90. The van der Waals surface area contributed by atoms with E-state index >= 15 is 0 Å². The number of rotatable bonds is 0. The van der Waals surface area contributed by atoms with E-state index in [9.17, 15) is 4.39 Å². The Morgan fingerprint density at radius 3 is 0.960 bits per heavy atom. The summed E-state index contributed by atoms with van der Waals surface area (Å²) in [7, 11) is 0. The molecule has 0 saturated heterocycles. The van der Waals surface area contributed by atoms with Crippen LogP contribution in [0.15, 0.2) is 42.5 Å². The van der Waals surface area contributed by atoms with Crippen LogP contribution >= 0.6 is 0 Å². The Hall–Kier alpha value is -1.63. The minimum absolute atomic E-state index is 0.146. The molecule has 0 nitrogen and oxygen atoms in total. The maximum atomic E-state index is 12.4. The Morgan fingerprint density at radius 2 is 0.760 bits per heavy atom. The van der Waals surface area contributed by atoms with Gasteiger partial charge in [-0.15, -0.1) is 0 Å². The highest BCUT2D eigenvalue weighted by molar-refractivity contribution is 5.22. The fourth-order valence-electron chi connectivity index (χ4n) is 1.73. The molecule has 0 N–H and O–H groups in total. The summed E-state index contributed by atoms with van der Waals surface area (Å²) < 4.78 is 12.4. The Balaban J connectivity index is -0.000000127. The molecule has 0 unspecified atom stereocenters. The molecule has 0 saturated carbocycles. The van der Waals surface area contributed by atoms with E-state index in [0.717, 1.165) is 11.1 Å². The van der Waals surface area contributed by atoms with Gasteiger partial charge in [0, 0.05) is 0 Å². The van der Waals surface area contributed by atoms with E-state index in [2.05, 4.69) is 38.1 Å². The number of hydrogen-bond donors (Lipinski definition) is 0. The number of hydrogen-bond acceptors (Lipinski definition) is 0. The Bertz CT molecular complexity index is 419. The number of aryl methyl sites for hydroxylation is 4. The van der Waals surface area contributed by atoms with Crippen LogP contribution in [-0.2, 0) is 0 Å². The van der Waals surface area contributed by atoms with Crippen LogP contribution in [0.2, 0.25) is 0 Å². The van der Waals surface area contributed by atoms with E-state index in [4.69, 9.17) is 0 Å². The fourth-order valence-corrected chi connectivity index (χ4v) is 1.73. The third-order valence-electron chi connectivity index (χ3n) is 2.36. The summed E-state index contributed by atoms with van der Waals surface area (Å²) >= 11 is 0. The SMILES string of the molecule is CC.CC.CC.CC.Cc1cc(C)cc(F)c1.Cc1cccc(C)c1. The summed E-state index contributed by atoms with van der Waals surface area (Å²) in [5.41, 5.74) is 4.63. The largest absolute Gasteiger partial charge is 0.207 e. The standard InChI is InChI=1S/C8H9F.C8H10.4C2H6/c1-6-3-7(2)5-8(9)4-6;1-7-4-3-5-8(2)6-7;4*1-2/h3-5H,1-2H3;3-6H,1-2H3;4*1-2H3. The maximum Gasteiger partial charge on any atom is 0.123 e. The minimum atomic E-state index is -0.146. The van der Waals surface area contributed by atoms with Crippen molar-refractivity contribution >= 4 is 0 Å². The van der Waals surface area contributed by atoms with Gasteiger partial charge in [-0.2, -0.15) is 0 Å². The predicted octanol–water partition coefficient (Wildman–Crippen LogP) is 8.85. The molecule has 2 aromatic carbocycles. The first-order valence-electron chi connectivity index (χ1n) is 9.74. The Kier molecular flexibility index (Phi) is 30.7. The smallest absolute Gasteiger partial charge is 0.123 e. The zero-order valence-corrected chi connectivity index (χ0v) is 18.9. The van der Waals surface area contributed by atoms with Crippen LogP contribution in [-0.4, -0.2) is 0 Å². The summed E-state index contributed by atoms with van der Waals surface area (Å²) in [6.07, 6.45) is 0. The van der Waals surface area contributed by atoms with Crippen LogP contribution in [0.1, 0.15) is 77.6 Å².